The summed E-state index contributed by atoms with van der Waals surface area (Å²) in [5.41, 5.74) is 4.15. The van der Waals surface area contributed by atoms with Crippen LogP contribution in [0.4, 0.5) is 5.95 Å². The van der Waals surface area contributed by atoms with E-state index in [0.717, 1.165) is 16.9 Å². The molecule has 3 rings (SSSR count). The molecule has 2 aromatic heterocycles. The molecule has 5 nitrogen and oxygen atoms in total. The molecule has 0 atom stereocenters. The van der Waals surface area contributed by atoms with Crippen molar-refractivity contribution in [3.8, 4) is 0 Å². The molecular weight excluding hydrogens is 528 g/mol. The maximum Gasteiger partial charge on any atom is 0.224 e. The minimum atomic E-state index is -0.0495. The van der Waals surface area contributed by atoms with Crippen molar-refractivity contribution in [2.45, 2.75) is 65.7 Å². The van der Waals surface area contributed by atoms with Crippen LogP contribution in [0.15, 0.2) is 30.4 Å². The van der Waals surface area contributed by atoms with Gasteiger partial charge >= 0.3 is 0 Å². The van der Waals surface area contributed by atoms with Crippen LogP contribution >= 0.6 is 0 Å². The molecule has 0 saturated carbocycles. The van der Waals surface area contributed by atoms with Crippen molar-refractivity contribution < 1.29 is 25.2 Å². The van der Waals surface area contributed by atoms with Crippen molar-refractivity contribution in [2.24, 2.45) is 0 Å². The molecule has 1 radical (unpaired) electrons. The molecule has 0 fully saturated rings. The van der Waals surface area contributed by atoms with E-state index < -0.39 is 0 Å². The van der Waals surface area contributed by atoms with Crippen molar-refractivity contribution in [3.05, 3.63) is 47.3 Å². The van der Waals surface area contributed by atoms with Crippen LogP contribution in [-0.2, 0) is 25.5 Å². The molecule has 0 unspecified atom stereocenters. The van der Waals surface area contributed by atoms with Gasteiger partial charge in [-0.2, -0.15) is 9.61 Å². The van der Waals surface area contributed by atoms with E-state index in [1.807, 2.05) is 11.4 Å². The van der Waals surface area contributed by atoms with Crippen LogP contribution in [0.3, 0.4) is 0 Å². The predicted octanol–water partition coefficient (Wildman–Crippen LogP) is 4.72. The van der Waals surface area contributed by atoms with Crippen molar-refractivity contribution in [1.29, 1.82) is 0 Å². The largest absolute Gasteiger partial charge is 0.395 e. The molecule has 28 heavy (non-hydrogen) atoms. The second-order valence-corrected chi connectivity index (χ2v) is 8.05. The number of nitrogens with zero attached hydrogens (tertiary/aromatic N) is 3. The Morgan fingerprint density at radius 3 is 2.25 bits per heavy atom. The van der Waals surface area contributed by atoms with Gasteiger partial charge < -0.3 is 10.4 Å². The maximum absolute atomic E-state index is 8.96. The van der Waals surface area contributed by atoms with Crippen molar-refractivity contribution in [2.75, 3.05) is 18.5 Å². The molecule has 0 spiro atoms. The molecule has 157 valence electrons. The summed E-state index contributed by atoms with van der Waals surface area (Å²) in [7, 11) is 0. The van der Waals surface area contributed by atoms with Crippen molar-refractivity contribution >= 4 is 11.5 Å². The molecule has 0 aromatic carbocycles. The van der Waals surface area contributed by atoms with E-state index in [2.05, 4.69) is 73.5 Å². The zero-order valence-corrected chi connectivity index (χ0v) is 20.1. The first-order chi connectivity index (χ1) is 12.8. The monoisotopic (exact) mass is 563 g/mol. The summed E-state index contributed by atoms with van der Waals surface area (Å²) in [6.07, 6.45) is 14.0. The number of hydrogen-bond donors (Lipinski definition) is 2. The number of aliphatic hydroxyl groups is 1. The Morgan fingerprint density at radius 2 is 1.71 bits per heavy atom. The van der Waals surface area contributed by atoms with Gasteiger partial charge in [0, 0.05) is 32.1 Å². The van der Waals surface area contributed by atoms with Gasteiger partial charge in [0.1, 0.15) is 0 Å². The van der Waals surface area contributed by atoms with E-state index in [4.69, 9.17) is 5.11 Å². The third-order valence-corrected chi connectivity index (χ3v) is 4.39. The third-order valence-electron chi connectivity index (χ3n) is 4.39. The Labute approximate surface area is 182 Å². The molecule has 0 saturated heterocycles. The topological polar surface area (TPSA) is 62.5 Å². The van der Waals surface area contributed by atoms with Crippen LogP contribution in [0.5, 0.6) is 0 Å². The standard InChI is InChI=1S/C14H22N4O.C8H12.Ir/c1-9-8-10(2)17-18-11(9)12(14(3,4)5)16-13(18)15-6-7-19;1-2-4-6-8-7-5-3-1;/h8,19H,6-7H2,1-5H3,(H,15,16);1-4H,5-8H2;. The second kappa shape index (κ2) is 11.5. The molecule has 6 heteroatoms. The van der Waals surface area contributed by atoms with Gasteiger partial charge in [-0.3, -0.25) is 0 Å². The number of aliphatic hydroxyl groups excluding tert-OH is 1. The van der Waals surface area contributed by atoms with Crippen molar-refractivity contribution in [3.63, 3.8) is 0 Å². The van der Waals surface area contributed by atoms with Gasteiger partial charge in [0.2, 0.25) is 5.95 Å². The fraction of sp³-hybridized carbons (Fsp3) is 0.545. The van der Waals surface area contributed by atoms with Crippen LogP contribution in [0, 0.1) is 13.8 Å². The van der Waals surface area contributed by atoms with Crippen LogP contribution in [0.2, 0.25) is 0 Å². The van der Waals surface area contributed by atoms with E-state index in [9.17, 15) is 0 Å². The molecular formula is C22H34IrN4O. The number of aryl methyl sites for hydroxylation is 2. The number of hydrogen-bond acceptors (Lipinski definition) is 4. The molecule has 2 heterocycles. The summed E-state index contributed by atoms with van der Waals surface area (Å²) < 4.78 is 1.85. The summed E-state index contributed by atoms with van der Waals surface area (Å²) in [4.78, 5) is 4.68. The fourth-order valence-corrected chi connectivity index (χ4v) is 3.11. The number of imidazole rings is 1. The molecule has 0 bridgehead atoms. The number of anilines is 1. The average Bonchev–Trinajstić information content (AvgIpc) is 2.92. The third kappa shape index (κ3) is 6.84. The fourth-order valence-electron chi connectivity index (χ4n) is 3.11. The van der Waals surface area contributed by atoms with Gasteiger partial charge in [0.25, 0.3) is 0 Å². The average molecular weight is 563 g/mol. The Balaban J connectivity index is 0.000000367. The minimum absolute atomic E-state index is 0. The molecule has 2 N–H and O–H groups in total. The normalized spacial score (nSPS) is 13.9. The Morgan fingerprint density at radius 1 is 1.11 bits per heavy atom. The van der Waals surface area contributed by atoms with Gasteiger partial charge in [-0.25, -0.2) is 4.98 Å². The molecule has 0 amide bonds. The summed E-state index contributed by atoms with van der Waals surface area (Å²) >= 11 is 0. The van der Waals surface area contributed by atoms with Crippen LogP contribution < -0.4 is 5.32 Å². The smallest absolute Gasteiger partial charge is 0.224 e. The SMILES string of the molecule is C1=CCCCCC=C1.Cc1cc(C)c2c(C(C)(C)C)nc(NCCO)n2n1.[Ir]. The molecule has 0 aliphatic heterocycles. The van der Waals surface area contributed by atoms with E-state index in [1.54, 1.807) is 0 Å². The zero-order chi connectivity index (χ0) is 19.9. The minimum Gasteiger partial charge on any atom is -0.395 e. The molecule has 2 aromatic rings. The predicted molar refractivity (Wildman–Crippen MR) is 113 cm³/mol. The first kappa shape index (κ1) is 24.5. The first-order valence-electron chi connectivity index (χ1n) is 9.88. The van der Waals surface area contributed by atoms with Crippen molar-refractivity contribution in [1.82, 2.24) is 14.6 Å². The van der Waals surface area contributed by atoms with E-state index in [-0.39, 0.29) is 32.1 Å². The number of rotatable bonds is 3. The van der Waals surface area contributed by atoms with E-state index in [0.29, 0.717) is 12.5 Å². The summed E-state index contributed by atoms with van der Waals surface area (Å²) in [5.74, 6) is 0.695. The number of fused-ring (bicyclic) bond motifs is 1. The van der Waals surface area contributed by atoms with E-state index >= 15 is 0 Å². The maximum atomic E-state index is 8.96. The van der Waals surface area contributed by atoms with Gasteiger partial charge in [0.15, 0.2) is 0 Å². The Kier molecular flexibility index (Phi) is 10.1. The summed E-state index contributed by atoms with van der Waals surface area (Å²) in [6, 6.07) is 2.07. The number of allylic oxidation sites excluding steroid dienone is 4. The second-order valence-electron chi connectivity index (χ2n) is 8.05. The Bertz CT molecular complexity index is 789. The quantitative estimate of drug-likeness (QED) is 0.569. The Hall–Kier alpha value is -1.49. The molecule has 1 aliphatic rings. The van der Waals surface area contributed by atoms with Gasteiger partial charge in [-0.05, 0) is 51.2 Å². The summed E-state index contributed by atoms with van der Waals surface area (Å²) in [5, 5.41) is 16.6. The van der Waals surface area contributed by atoms with E-state index in [1.165, 1.54) is 31.2 Å². The van der Waals surface area contributed by atoms with Crippen LogP contribution in [-0.4, -0.2) is 32.9 Å². The molecule has 1 aliphatic carbocycles. The van der Waals surface area contributed by atoms with Crippen LogP contribution in [0.25, 0.3) is 5.52 Å². The zero-order valence-electron chi connectivity index (χ0n) is 17.8. The number of nitrogens with one attached hydrogen (secondary N) is 1. The van der Waals surface area contributed by atoms with Gasteiger partial charge in [-0.15, -0.1) is 0 Å². The van der Waals surface area contributed by atoms with Crippen LogP contribution in [0.1, 0.15) is 63.4 Å². The first-order valence-corrected chi connectivity index (χ1v) is 9.88. The van der Waals surface area contributed by atoms with Gasteiger partial charge in [-0.1, -0.05) is 45.1 Å². The van der Waals surface area contributed by atoms with Gasteiger partial charge in [0.05, 0.1) is 23.5 Å². The number of aromatic nitrogens is 3. The summed E-state index contributed by atoms with van der Waals surface area (Å²) in [6.45, 7) is 11.0.